The molecule has 4 rings (SSSR count). The van der Waals surface area contributed by atoms with Crippen molar-refractivity contribution in [2.24, 2.45) is 23.6 Å². The van der Waals surface area contributed by atoms with Gasteiger partial charge in [0.15, 0.2) is 0 Å². The van der Waals surface area contributed by atoms with Gasteiger partial charge in [0.05, 0.1) is 0 Å². The quantitative estimate of drug-likeness (QED) is 0.657. The van der Waals surface area contributed by atoms with Gasteiger partial charge >= 0.3 is 0 Å². The first kappa shape index (κ1) is 13.2. The summed E-state index contributed by atoms with van der Waals surface area (Å²) < 4.78 is 0. The van der Waals surface area contributed by atoms with Crippen LogP contribution in [0.25, 0.3) is 0 Å². The summed E-state index contributed by atoms with van der Waals surface area (Å²) in [6.45, 7) is 0. The van der Waals surface area contributed by atoms with Crippen molar-refractivity contribution in [3.05, 3.63) is 29.8 Å². The van der Waals surface area contributed by atoms with Crippen LogP contribution in [0.5, 0.6) is 0 Å². The van der Waals surface area contributed by atoms with Crippen molar-refractivity contribution in [2.45, 2.75) is 49.0 Å². The molecule has 0 saturated heterocycles. The number of fused-ring (bicyclic) bond motifs is 3. The fourth-order valence-corrected chi connectivity index (χ4v) is 6.19. The number of rotatable bonds is 4. The third-order valence-corrected chi connectivity index (χ3v) is 7.09. The molecule has 2 nitrogen and oxygen atoms in total. The van der Waals surface area contributed by atoms with Crippen LogP contribution in [0, 0.1) is 17.8 Å². The van der Waals surface area contributed by atoms with Crippen LogP contribution in [-0.2, 0) is 0 Å². The SMILES string of the molecule is NNC(CC1CC2CCC1C2)C1CSc2ccccc21. The third kappa shape index (κ3) is 2.20. The lowest BCUT2D eigenvalue weighted by molar-refractivity contribution is 0.266. The number of benzene rings is 1. The minimum atomic E-state index is 0.454. The Morgan fingerprint density at radius 1 is 1.25 bits per heavy atom. The van der Waals surface area contributed by atoms with Crippen molar-refractivity contribution in [3.63, 3.8) is 0 Å². The highest BCUT2D eigenvalue weighted by atomic mass is 32.2. The first-order valence-electron chi connectivity index (χ1n) is 8.03. The zero-order chi connectivity index (χ0) is 13.5. The molecular weight excluding hydrogens is 264 g/mol. The Kier molecular flexibility index (Phi) is 3.53. The van der Waals surface area contributed by atoms with E-state index < -0.39 is 0 Å². The van der Waals surface area contributed by atoms with Gasteiger partial charge in [-0.05, 0) is 55.1 Å². The number of nitrogens with one attached hydrogen (secondary N) is 1. The third-order valence-electron chi connectivity index (χ3n) is 5.88. The summed E-state index contributed by atoms with van der Waals surface area (Å²) in [5.41, 5.74) is 4.68. The normalized spacial score (nSPS) is 36.2. The van der Waals surface area contributed by atoms with E-state index in [1.165, 1.54) is 48.3 Å². The molecule has 1 aromatic carbocycles. The van der Waals surface area contributed by atoms with E-state index in [2.05, 4.69) is 29.7 Å². The van der Waals surface area contributed by atoms with E-state index in [0.717, 1.165) is 17.8 Å². The Morgan fingerprint density at radius 3 is 2.90 bits per heavy atom. The lowest BCUT2D eigenvalue weighted by Crippen LogP contribution is -2.42. The van der Waals surface area contributed by atoms with Gasteiger partial charge in [0, 0.05) is 22.6 Å². The van der Waals surface area contributed by atoms with Crippen LogP contribution in [-0.4, -0.2) is 11.8 Å². The van der Waals surface area contributed by atoms with Gasteiger partial charge in [-0.3, -0.25) is 11.3 Å². The molecule has 108 valence electrons. The Labute approximate surface area is 125 Å². The van der Waals surface area contributed by atoms with Gasteiger partial charge < -0.3 is 0 Å². The van der Waals surface area contributed by atoms with Crippen molar-refractivity contribution >= 4 is 11.8 Å². The van der Waals surface area contributed by atoms with Crippen LogP contribution in [0.3, 0.4) is 0 Å². The molecular formula is C17H24N2S. The first-order valence-corrected chi connectivity index (χ1v) is 9.01. The summed E-state index contributed by atoms with van der Waals surface area (Å²) in [6.07, 6.45) is 7.20. The molecule has 1 aromatic rings. The van der Waals surface area contributed by atoms with Crippen molar-refractivity contribution in [1.82, 2.24) is 5.43 Å². The molecule has 2 aliphatic carbocycles. The van der Waals surface area contributed by atoms with Crippen LogP contribution in [0.2, 0.25) is 0 Å². The molecule has 0 aromatic heterocycles. The number of hydrogen-bond acceptors (Lipinski definition) is 3. The number of hydrogen-bond donors (Lipinski definition) is 2. The summed E-state index contributed by atoms with van der Waals surface area (Å²) in [7, 11) is 0. The predicted octanol–water partition coefficient (Wildman–Crippen LogP) is 3.53. The van der Waals surface area contributed by atoms with E-state index in [4.69, 9.17) is 5.84 Å². The Hall–Kier alpha value is -0.510. The van der Waals surface area contributed by atoms with Crippen molar-refractivity contribution < 1.29 is 0 Å². The molecule has 3 aliphatic rings. The molecule has 3 heteroatoms. The Bertz CT molecular complexity index is 490. The van der Waals surface area contributed by atoms with Crippen molar-refractivity contribution in [1.29, 1.82) is 0 Å². The van der Waals surface area contributed by atoms with Crippen LogP contribution in [0.15, 0.2) is 29.2 Å². The maximum atomic E-state index is 5.93. The van der Waals surface area contributed by atoms with E-state index >= 15 is 0 Å². The van der Waals surface area contributed by atoms with Crippen LogP contribution in [0.1, 0.15) is 43.6 Å². The topological polar surface area (TPSA) is 38.0 Å². The van der Waals surface area contributed by atoms with Crippen LogP contribution < -0.4 is 11.3 Å². The van der Waals surface area contributed by atoms with Gasteiger partial charge in [0.2, 0.25) is 0 Å². The van der Waals surface area contributed by atoms with Crippen molar-refractivity contribution in [3.8, 4) is 0 Å². The van der Waals surface area contributed by atoms with Crippen LogP contribution in [0.4, 0.5) is 0 Å². The highest BCUT2D eigenvalue weighted by Gasteiger charge is 2.41. The molecule has 0 radical (unpaired) electrons. The maximum Gasteiger partial charge on any atom is 0.0290 e. The van der Waals surface area contributed by atoms with E-state index in [1.54, 1.807) is 0 Å². The standard InChI is InChI=1S/C17H24N2S/c18-19-16(9-13-8-11-5-6-12(13)7-11)15-10-20-17-4-2-1-3-14(15)17/h1-4,11-13,15-16,19H,5-10,18H2. The molecule has 1 heterocycles. The predicted molar refractivity (Wildman–Crippen MR) is 84.6 cm³/mol. The van der Waals surface area contributed by atoms with E-state index in [-0.39, 0.29) is 0 Å². The van der Waals surface area contributed by atoms with Gasteiger partial charge in [0.1, 0.15) is 0 Å². The van der Waals surface area contributed by atoms with Gasteiger partial charge in [0.25, 0.3) is 0 Å². The molecule has 5 unspecified atom stereocenters. The highest BCUT2D eigenvalue weighted by Crippen LogP contribution is 2.51. The summed E-state index contributed by atoms with van der Waals surface area (Å²) in [5, 5.41) is 0. The van der Waals surface area contributed by atoms with Gasteiger partial charge in [-0.15, -0.1) is 11.8 Å². The zero-order valence-electron chi connectivity index (χ0n) is 11.9. The number of hydrazine groups is 1. The van der Waals surface area contributed by atoms with E-state index in [1.807, 2.05) is 11.8 Å². The van der Waals surface area contributed by atoms with Gasteiger partial charge in [-0.25, -0.2) is 0 Å². The lowest BCUT2D eigenvalue weighted by Gasteiger charge is -2.30. The molecule has 0 amide bonds. The molecule has 3 N–H and O–H groups in total. The largest absolute Gasteiger partial charge is 0.271 e. The van der Waals surface area contributed by atoms with E-state index in [9.17, 15) is 0 Å². The van der Waals surface area contributed by atoms with Gasteiger partial charge in [-0.1, -0.05) is 24.6 Å². The second-order valence-corrected chi connectivity index (χ2v) is 7.96. The maximum absolute atomic E-state index is 5.93. The van der Waals surface area contributed by atoms with Gasteiger partial charge in [-0.2, -0.15) is 0 Å². The van der Waals surface area contributed by atoms with Crippen LogP contribution >= 0.6 is 11.8 Å². The smallest absolute Gasteiger partial charge is 0.0290 e. The minimum Gasteiger partial charge on any atom is -0.271 e. The molecule has 1 aliphatic heterocycles. The second-order valence-electron chi connectivity index (χ2n) is 6.90. The summed E-state index contributed by atoms with van der Waals surface area (Å²) in [4.78, 5) is 1.46. The Balaban J connectivity index is 1.49. The minimum absolute atomic E-state index is 0.454. The van der Waals surface area contributed by atoms with Crippen molar-refractivity contribution in [2.75, 3.05) is 5.75 Å². The monoisotopic (exact) mass is 288 g/mol. The molecule has 5 atom stereocenters. The summed E-state index contributed by atoms with van der Waals surface area (Å²) >= 11 is 2.00. The fourth-order valence-electron chi connectivity index (χ4n) is 4.86. The first-order chi connectivity index (χ1) is 9.85. The highest BCUT2D eigenvalue weighted by molar-refractivity contribution is 7.99. The average molecular weight is 288 g/mol. The molecule has 0 spiro atoms. The Morgan fingerprint density at radius 2 is 2.15 bits per heavy atom. The average Bonchev–Trinajstić information content (AvgIpc) is 3.19. The molecule has 2 fully saturated rings. The molecule has 2 saturated carbocycles. The molecule has 20 heavy (non-hydrogen) atoms. The van der Waals surface area contributed by atoms with E-state index in [0.29, 0.717) is 12.0 Å². The fraction of sp³-hybridized carbons (Fsp3) is 0.647. The number of thioether (sulfide) groups is 1. The second kappa shape index (κ2) is 5.36. The molecule has 2 bridgehead atoms. The summed E-state index contributed by atoms with van der Waals surface area (Å²) in [5.74, 6) is 10.7. The zero-order valence-corrected chi connectivity index (χ0v) is 12.7. The lowest BCUT2D eigenvalue weighted by atomic mass is 9.80. The summed E-state index contributed by atoms with van der Waals surface area (Å²) in [6, 6.07) is 9.32. The number of nitrogens with two attached hydrogens (primary N) is 1.